The van der Waals surface area contributed by atoms with Crippen molar-refractivity contribution in [3.05, 3.63) is 95.6 Å². The van der Waals surface area contributed by atoms with E-state index < -0.39 is 36.5 Å². The van der Waals surface area contributed by atoms with Crippen LogP contribution in [0.1, 0.15) is 28.7 Å². The van der Waals surface area contributed by atoms with E-state index in [1.165, 1.54) is 12.1 Å². The number of benzene rings is 3. The van der Waals surface area contributed by atoms with Gasteiger partial charge in [0.2, 0.25) is 5.91 Å². The highest BCUT2D eigenvalue weighted by molar-refractivity contribution is 5.87. The van der Waals surface area contributed by atoms with Gasteiger partial charge in [-0.05, 0) is 27.8 Å². The summed E-state index contributed by atoms with van der Waals surface area (Å²) in [7, 11) is 0. The SMILES string of the molecule is O=C(N[C@@H](C(=O)NCC(F)(F)C(=O)O)c1ccccc1)OCC1c2ccccc2-c2ccccc21. The molecule has 3 aromatic carbocycles. The maximum absolute atomic E-state index is 13.4. The molecule has 3 N–H and O–H groups in total. The quantitative estimate of drug-likeness (QED) is 0.450. The van der Waals surface area contributed by atoms with Gasteiger partial charge in [-0.25, -0.2) is 9.59 Å². The number of carboxylic acids is 1. The van der Waals surface area contributed by atoms with E-state index in [1.54, 1.807) is 18.2 Å². The number of amides is 2. The van der Waals surface area contributed by atoms with Crippen molar-refractivity contribution >= 4 is 18.0 Å². The zero-order chi connectivity index (χ0) is 25.0. The molecule has 180 valence electrons. The molecule has 0 spiro atoms. The molecule has 0 heterocycles. The van der Waals surface area contributed by atoms with E-state index in [1.807, 2.05) is 53.8 Å². The van der Waals surface area contributed by atoms with Crippen LogP contribution in [0.5, 0.6) is 0 Å². The molecular formula is C26H22F2N2O5. The van der Waals surface area contributed by atoms with Crippen molar-refractivity contribution in [2.45, 2.75) is 17.9 Å². The highest BCUT2D eigenvalue weighted by atomic mass is 19.3. The van der Waals surface area contributed by atoms with Crippen LogP contribution in [0.25, 0.3) is 11.1 Å². The van der Waals surface area contributed by atoms with Crippen LogP contribution in [0.15, 0.2) is 78.9 Å². The third-order valence-electron chi connectivity index (χ3n) is 5.80. The van der Waals surface area contributed by atoms with Gasteiger partial charge in [-0.1, -0.05) is 78.9 Å². The Kier molecular flexibility index (Phi) is 6.77. The third kappa shape index (κ3) is 5.13. The molecule has 1 aliphatic rings. The molecule has 0 fully saturated rings. The van der Waals surface area contributed by atoms with Crippen LogP contribution >= 0.6 is 0 Å². The van der Waals surface area contributed by atoms with Gasteiger partial charge in [-0.15, -0.1) is 0 Å². The van der Waals surface area contributed by atoms with Gasteiger partial charge in [0.1, 0.15) is 12.6 Å². The van der Waals surface area contributed by atoms with E-state index in [-0.39, 0.29) is 12.5 Å². The van der Waals surface area contributed by atoms with Crippen molar-refractivity contribution in [1.82, 2.24) is 10.6 Å². The number of carbonyl (C=O) groups excluding carboxylic acids is 2. The summed E-state index contributed by atoms with van der Waals surface area (Å²) >= 11 is 0. The van der Waals surface area contributed by atoms with Crippen molar-refractivity contribution < 1.29 is 33.0 Å². The second-order valence-electron chi connectivity index (χ2n) is 8.04. The van der Waals surface area contributed by atoms with Crippen LogP contribution in [0.4, 0.5) is 13.6 Å². The molecule has 0 bridgehead atoms. The van der Waals surface area contributed by atoms with Gasteiger partial charge in [-0.3, -0.25) is 4.79 Å². The fourth-order valence-corrected chi connectivity index (χ4v) is 4.08. The molecule has 9 heteroatoms. The summed E-state index contributed by atoms with van der Waals surface area (Å²) in [5, 5.41) is 12.9. The standard InChI is InChI=1S/C26H22F2N2O5/c27-26(28,24(32)33)15-29-23(31)22(16-8-2-1-3-9-16)30-25(34)35-14-21-19-12-6-4-10-17(19)18-11-5-7-13-20(18)21/h1-13,21-22H,14-15H2,(H,29,31)(H,30,34)(H,32,33)/t22-/m1/s1. The van der Waals surface area contributed by atoms with Crippen molar-refractivity contribution in [1.29, 1.82) is 0 Å². The molecule has 0 unspecified atom stereocenters. The van der Waals surface area contributed by atoms with Crippen LogP contribution < -0.4 is 10.6 Å². The molecule has 35 heavy (non-hydrogen) atoms. The Hall–Kier alpha value is -4.27. The number of ether oxygens (including phenoxy) is 1. The summed E-state index contributed by atoms with van der Waals surface area (Å²) in [6, 6.07) is 22.2. The first-order valence-electron chi connectivity index (χ1n) is 10.8. The van der Waals surface area contributed by atoms with Gasteiger partial charge in [-0.2, -0.15) is 8.78 Å². The maximum atomic E-state index is 13.4. The lowest BCUT2D eigenvalue weighted by atomic mass is 9.98. The average molecular weight is 480 g/mol. The van der Waals surface area contributed by atoms with Crippen molar-refractivity contribution in [3.8, 4) is 11.1 Å². The number of halogens is 2. The topological polar surface area (TPSA) is 105 Å². The Labute approximate surface area is 199 Å². The minimum atomic E-state index is -4.15. The molecule has 1 aliphatic carbocycles. The summed E-state index contributed by atoms with van der Waals surface area (Å²) in [6.07, 6.45) is -0.916. The first kappa shape index (κ1) is 23.9. The van der Waals surface area contributed by atoms with E-state index in [4.69, 9.17) is 9.84 Å². The second-order valence-corrected chi connectivity index (χ2v) is 8.04. The molecule has 0 saturated heterocycles. The largest absolute Gasteiger partial charge is 0.477 e. The number of alkyl carbamates (subject to hydrolysis) is 1. The first-order valence-corrected chi connectivity index (χ1v) is 10.8. The number of aliphatic carboxylic acids is 1. The first-order chi connectivity index (χ1) is 16.8. The smallest absolute Gasteiger partial charge is 0.408 e. The zero-order valence-corrected chi connectivity index (χ0v) is 18.4. The van der Waals surface area contributed by atoms with Crippen LogP contribution in [-0.4, -0.2) is 42.2 Å². The number of hydrogen-bond donors (Lipinski definition) is 3. The number of alkyl halides is 2. The van der Waals surface area contributed by atoms with Crippen LogP contribution in [0.3, 0.4) is 0 Å². The number of nitrogens with one attached hydrogen (secondary N) is 2. The van der Waals surface area contributed by atoms with Gasteiger partial charge in [0.15, 0.2) is 0 Å². The lowest BCUT2D eigenvalue weighted by Crippen LogP contribution is -2.47. The summed E-state index contributed by atoms with van der Waals surface area (Å²) in [5.41, 5.74) is 4.44. The molecule has 0 radical (unpaired) electrons. The number of carbonyl (C=O) groups is 3. The van der Waals surface area contributed by atoms with Crippen molar-refractivity contribution in [2.24, 2.45) is 0 Å². The van der Waals surface area contributed by atoms with E-state index in [2.05, 4.69) is 5.32 Å². The van der Waals surface area contributed by atoms with Crippen molar-refractivity contribution in [2.75, 3.05) is 13.2 Å². The molecule has 0 aliphatic heterocycles. The van der Waals surface area contributed by atoms with Gasteiger partial charge < -0.3 is 20.5 Å². The molecule has 1 atom stereocenters. The molecule has 2 amide bonds. The third-order valence-corrected chi connectivity index (χ3v) is 5.80. The fourth-order valence-electron chi connectivity index (χ4n) is 4.08. The van der Waals surface area contributed by atoms with Crippen LogP contribution in [-0.2, 0) is 14.3 Å². The lowest BCUT2D eigenvalue weighted by Gasteiger charge is -2.21. The Morgan fingerprint density at radius 3 is 2.00 bits per heavy atom. The minimum Gasteiger partial charge on any atom is -0.477 e. The second kappa shape index (κ2) is 9.92. The molecule has 7 nitrogen and oxygen atoms in total. The minimum absolute atomic E-state index is 0.0000735. The van der Waals surface area contributed by atoms with Gasteiger partial charge in [0.25, 0.3) is 0 Å². The summed E-state index contributed by atoms with van der Waals surface area (Å²) < 4.78 is 32.3. The maximum Gasteiger partial charge on any atom is 0.408 e. The molecular weight excluding hydrogens is 458 g/mol. The molecule has 0 saturated carbocycles. The van der Waals surface area contributed by atoms with Crippen molar-refractivity contribution in [3.63, 3.8) is 0 Å². The number of fused-ring (bicyclic) bond motifs is 3. The number of hydrogen-bond acceptors (Lipinski definition) is 4. The zero-order valence-electron chi connectivity index (χ0n) is 18.4. The van der Waals surface area contributed by atoms with Crippen LogP contribution in [0.2, 0.25) is 0 Å². The lowest BCUT2D eigenvalue weighted by molar-refractivity contribution is -0.164. The highest BCUT2D eigenvalue weighted by Crippen LogP contribution is 2.44. The van der Waals surface area contributed by atoms with E-state index in [9.17, 15) is 23.2 Å². The molecule has 4 rings (SSSR count). The number of rotatable bonds is 8. The van der Waals surface area contributed by atoms with Gasteiger partial charge in [0, 0.05) is 5.92 Å². The normalized spacial score (nSPS) is 13.3. The summed E-state index contributed by atoms with van der Waals surface area (Å²) in [4.78, 5) is 35.9. The predicted molar refractivity (Wildman–Crippen MR) is 123 cm³/mol. The monoisotopic (exact) mass is 480 g/mol. The number of carboxylic acid groups (broad SMARTS) is 1. The summed E-state index contributed by atoms with van der Waals surface area (Å²) in [6.45, 7) is -1.42. The predicted octanol–water partition coefficient (Wildman–Crippen LogP) is 4.10. The fraction of sp³-hybridized carbons (Fsp3) is 0.192. The Morgan fingerprint density at radius 1 is 0.886 bits per heavy atom. The average Bonchev–Trinajstić information content (AvgIpc) is 3.19. The molecule has 3 aromatic rings. The Morgan fingerprint density at radius 2 is 1.43 bits per heavy atom. The molecule has 0 aromatic heterocycles. The highest BCUT2D eigenvalue weighted by Gasteiger charge is 2.40. The summed E-state index contributed by atoms with van der Waals surface area (Å²) in [5.74, 6) is -7.71. The van der Waals surface area contributed by atoms with Gasteiger partial charge >= 0.3 is 18.0 Å². The van der Waals surface area contributed by atoms with E-state index in [0.29, 0.717) is 5.56 Å². The van der Waals surface area contributed by atoms with Gasteiger partial charge in [0.05, 0.1) is 6.54 Å². The Balaban J connectivity index is 1.46. The van der Waals surface area contributed by atoms with E-state index >= 15 is 0 Å². The van der Waals surface area contributed by atoms with E-state index in [0.717, 1.165) is 22.3 Å². The Bertz CT molecular complexity index is 1200. The van der Waals surface area contributed by atoms with Crippen LogP contribution in [0, 0.1) is 0 Å².